The van der Waals surface area contributed by atoms with Gasteiger partial charge in [-0.3, -0.25) is 0 Å². The number of fused-ring (bicyclic) bond motifs is 3. The number of benzene rings is 2. The Kier molecular flexibility index (Phi) is 1.56. The maximum absolute atomic E-state index is 5.96. The fourth-order valence-electron chi connectivity index (χ4n) is 1.90. The molecule has 1 aromatic heterocycles. The topological polar surface area (TPSA) is 26.0 Å². The lowest BCUT2D eigenvalue weighted by Crippen LogP contribution is -1.81. The van der Waals surface area contributed by atoms with Gasteiger partial charge in [-0.25, -0.2) is 0 Å². The van der Waals surface area contributed by atoms with E-state index >= 15 is 0 Å². The molecule has 0 radical (unpaired) electrons. The van der Waals surface area contributed by atoms with Gasteiger partial charge in [-0.1, -0.05) is 36.4 Å². The van der Waals surface area contributed by atoms with E-state index < -0.39 is 0 Å². The van der Waals surface area contributed by atoms with Crippen LogP contribution in [0.2, 0.25) is 0 Å². The van der Waals surface area contributed by atoms with Crippen LogP contribution in [-0.2, 0) is 0 Å². The molecule has 2 aromatic carbocycles. The molecule has 3 rings (SSSR count). The third kappa shape index (κ3) is 0.964. The Balaban J connectivity index is 2.63. The summed E-state index contributed by atoms with van der Waals surface area (Å²) < 4.78 is 0. The molecule has 0 aliphatic heterocycles. The van der Waals surface area contributed by atoms with Crippen LogP contribution in [0.15, 0.2) is 42.5 Å². The zero-order chi connectivity index (χ0) is 9.54. The summed E-state index contributed by atoms with van der Waals surface area (Å²) in [5.41, 5.74) is 6.89. The van der Waals surface area contributed by atoms with Crippen molar-refractivity contribution >= 4 is 34.9 Å². The third-order valence-corrected chi connectivity index (χ3v) is 4.09. The molecule has 0 saturated carbocycles. The van der Waals surface area contributed by atoms with Gasteiger partial charge in [-0.05, 0) is 22.0 Å². The molecule has 0 saturated heterocycles. The van der Waals surface area contributed by atoms with Gasteiger partial charge in [-0.2, -0.15) is 0 Å². The summed E-state index contributed by atoms with van der Waals surface area (Å²) in [6, 6.07) is 14.7. The van der Waals surface area contributed by atoms with Crippen LogP contribution >= 0.6 is 8.19 Å². The normalized spacial score (nSPS) is 11.7. The summed E-state index contributed by atoms with van der Waals surface area (Å²) in [6.45, 7) is 0. The van der Waals surface area contributed by atoms with Gasteiger partial charge in [0.25, 0.3) is 0 Å². The molecule has 0 aliphatic carbocycles. The minimum Gasteiger partial charge on any atom is -0.398 e. The van der Waals surface area contributed by atoms with Crippen LogP contribution in [0.5, 0.6) is 0 Å². The molecule has 1 nitrogen and oxygen atoms in total. The average molecular weight is 199 g/mol. The zero-order valence-corrected chi connectivity index (χ0v) is 8.62. The quantitative estimate of drug-likeness (QED) is 0.550. The van der Waals surface area contributed by atoms with Gasteiger partial charge in [0.1, 0.15) is 0 Å². The number of hydrogen-bond donors (Lipinski definition) is 1. The molecular weight excluding hydrogens is 189 g/mol. The smallest absolute Gasteiger partial charge is 0.0431 e. The maximum Gasteiger partial charge on any atom is 0.0431 e. The largest absolute Gasteiger partial charge is 0.398 e. The van der Waals surface area contributed by atoms with Gasteiger partial charge >= 0.3 is 0 Å². The third-order valence-electron chi connectivity index (χ3n) is 2.57. The molecule has 2 N–H and O–H groups in total. The fraction of sp³-hybridized carbons (Fsp3) is 0. The molecule has 1 unspecified atom stereocenters. The predicted octanol–water partition coefficient (Wildman–Crippen LogP) is 3.61. The van der Waals surface area contributed by atoms with Crippen molar-refractivity contribution in [3.05, 3.63) is 42.5 Å². The van der Waals surface area contributed by atoms with Crippen LogP contribution in [0.3, 0.4) is 0 Å². The van der Waals surface area contributed by atoms with Gasteiger partial charge in [0, 0.05) is 10.8 Å². The van der Waals surface area contributed by atoms with Crippen molar-refractivity contribution in [3.63, 3.8) is 0 Å². The number of nitrogen functional groups attached to an aromatic ring is 1. The second-order valence-corrected chi connectivity index (χ2v) is 4.73. The second-order valence-electron chi connectivity index (χ2n) is 3.44. The Morgan fingerprint density at radius 3 is 2.57 bits per heavy atom. The molecular formula is C12H10NP. The number of nitrogens with two attached hydrogens (primary N) is 1. The summed E-state index contributed by atoms with van der Waals surface area (Å²) in [5, 5.41) is 5.40. The van der Waals surface area contributed by atoms with Gasteiger partial charge in [0.15, 0.2) is 0 Å². The van der Waals surface area contributed by atoms with Crippen molar-refractivity contribution in [1.29, 1.82) is 0 Å². The monoisotopic (exact) mass is 199 g/mol. The highest BCUT2D eigenvalue weighted by molar-refractivity contribution is 7.44. The summed E-state index contributed by atoms with van der Waals surface area (Å²) in [4.78, 5) is 0. The Hall–Kier alpha value is -1.46. The fourth-order valence-corrected chi connectivity index (χ4v) is 3.28. The van der Waals surface area contributed by atoms with Gasteiger partial charge in [0.05, 0.1) is 0 Å². The van der Waals surface area contributed by atoms with E-state index in [9.17, 15) is 0 Å². The highest BCUT2D eigenvalue weighted by Gasteiger charge is 2.03. The van der Waals surface area contributed by atoms with Crippen molar-refractivity contribution in [2.45, 2.75) is 0 Å². The van der Waals surface area contributed by atoms with Gasteiger partial charge < -0.3 is 5.73 Å². The Morgan fingerprint density at radius 1 is 0.857 bits per heavy atom. The Morgan fingerprint density at radius 2 is 1.64 bits per heavy atom. The second kappa shape index (κ2) is 2.76. The molecule has 2 heteroatoms. The first-order valence-electron chi connectivity index (χ1n) is 4.61. The lowest BCUT2D eigenvalue weighted by atomic mass is 10.1. The first-order valence-corrected chi connectivity index (χ1v) is 5.61. The van der Waals surface area contributed by atoms with Crippen molar-refractivity contribution < 1.29 is 0 Å². The van der Waals surface area contributed by atoms with E-state index in [0.29, 0.717) is 0 Å². The Bertz CT molecular complexity index is 610. The van der Waals surface area contributed by atoms with E-state index in [1.807, 2.05) is 12.1 Å². The molecule has 0 bridgehead atoms. The first-order chi connectivity index (χ1) is 6.86. The first kappa shape index (κ1) is 7.90. The van der Waals surface area contributed by atoms with Crippen molar-refractivity contribution in [1.82, 2.24) is 0 Å². The highest BCUT2D eigenvalue weighted by Crippen LogP contribution is 2.40. The molecule has 3 aromatic rings. The van der Waals surface area contributed by atoms with E-state index in [0.717, 1.165) is 13.9 Å². The Labute approximate surface area is 83.6 Å². The standard InChI is InChI=1S/C12H10NP/c13-10-6-3-5-9-8-4-1-2-7-11(8)14-12(9)10/h1-7,14H,13H2. The molecule has 0 aliphatic rings. The van der Waals surface area contributed by atoms with Gasteiger partial charge in [-0.15, -0.1) is 8.19 Å². The van der Waals surface area contributed by atoms with Crippen molar-refractivity contribution in [3.8, 4) is 0 Å². The molecule has 1 atom stereocenters. The van der Waals surface area contributed by atoms with E-state index in [2.05, 4.69) is 30.3 Å². The maximum atomic E-state index is 5.96. The minimum atomic E-state index is 0.725. The molecule has 68 valence electrons. The van der Waals surface area contributed by atoms with E-state index in [4.69, 9.17) is 5.73 Å². The summed E-state index contributed by atoms with van der Waals surface area (Å²) in [5.74, 6) is 0. The average Bonchev–Trinajstić information content (AvgIpc) is 2.59. The van der Waals surface area contributed by atoms with Crippen LogP contribution < -0.4 is 5.73 Å². The summed E-state index contributed by atoms with van der Waals surface area (Å²) in [7, 11) is 0.725. The van der Waals surface area contributed by atoms with Crippen molar-refractivity contribution in [2.75, 3.05) is 5.73 Å². The summed E-state index contributed by atoms with van der Waals surface area (Å²) >= 11 is 0. The van der Waals surface area contributed by atoms with Crippen LogP contribution in [0.4, 0.5) is 5.69 Å². The molecule has 0 spiro atoms. The lowest BCUT2D eigenvalue weighted by Gasteiger charge is -1.94. The van der Waals surface area contributed by atoms with E-state index in [1.165, 1.54) is 21.0 Å². The SMILES string of the molecule is Nc1cccc2c1[pH]c1ccccc12. The van der Waals surface area contributed by atoms with Crippen molar-refractivity contribution in [2.24, 2.45) is 0 Å². The highest BCUT2D eigenvalue weighted by atomic mass is 31.0. The van der Waals surface area contributed by atoms with Crippen LogP contribution in [0, 0.1) is 0 Å². The lowest BCUT2D eigenvalue weighted by molar-refractivity contribution is 1.81. The number of rotatable bonds is 0. The van der Waals surface area contributed by atoms with E-state index in [-0.39, 0.29) is 0 Å². The summed E-state index contributed by atoms with van der Waals surface area (Å²) in [6.07, 6.45) is 0. The number of anilines is 1. The molecule has 0 fully saturated rings. The molecule has 14 heavy (non-hydrogen) atoms. The van der Waals surface area contributed by atoms with Crippen LogP contribution in [0.1, 0.15) is 0 Å². The minimum absolute atomic E-state index is 0.725. The molecule has 1 heterocycles. The van der Waals surface area contributed by atoms with Crippen LogP contribution in [-0.4, -0.2) is 0 Å². The zero-order valence-electron chi connectivity index (χ0n) is 7.62. The van der Waals surface area contributed by atoms with Gasteiger partial charge in [0.2, 0.25) is 0 Å². The van der Waals surface area contributed by atoms with Crippen LogP contribution in [0.25, 0.3) is 21.0 Å². The number of hydrogen-bond acceptors (Lipinski definition) is 1. The van der Waals surface area contributed by atoms with E-state index in [1.54, 1.807) is 0 Å². The predicted molar refractivity (Wildman–Crippen MR) is 65.4 cm³/mol. The molecule has 0 amide bonds.